The predicted molar refractivity (Wildman–Crippen MR) is 74.1 cm³/mol. The normalized spacial score (nSPS) is 16.4. The van der Waals surface area contributed by atoms with Crippen molar-refractivity contribution in [3.63, 3.8) is 0 Å². The fourth-order valence-corrected chi connectivity index (χ4v) is 2.32. The van der Waals surface area contributed by atoms with Crippen LogP contribution in [0.15, 0.2) is 0 Å². The van der Waals surface area contributed by atoms with E-state index in [1.807, 2.05) is 6.92 Å². The molecule has 18 heavy (non-hydrogen) atoms. The van der Waals surface area contributed by atoms with Gasteiger partial charge in [-0.1, -0.05) is 13.3 Å². The Hall–Kier alpha value is -1.10. The first kappa shape index (κ1) is 13.3. The number of halogens is 1. The SMILES string of the molecule is CCCC1(CNc2nc(Cl)nc(NCC)n2)CC1. The molecule has 1 fully saturated rings. The Labute approximate surface area is 113 Å². The van der Waals surface area contributed by atoms with Crippen LogP contribution in [0.3, 0.4) is 0 Å². The van der Waals surface area contributed by atoms with Gasteiger partial charge >= 0.3 is 0 Å². The van der Waals surface area contributed by atoms with Crippen molar-refractivity contribution in [1.82, 2.24) is 15.0 Å². The Balaban J connectivity index is 1.96. The van der Waals surface area contributed by atoms with Crippen LogP contribution in [-0.4, -0.2) is 28.0 Å². The monoisotopic (exact) mass is 269 g/mol. The molecule has 1 aliphatic carbocycles. The lowest BCUT2D eigenvalue weighted by Crippen LogP contribution is -2.17. The number of nitrogens with one attached hydrogen (secondary N) is 2. The van der Waals surface area contributed by atoms with Gasteiger partial charge in [-0.15, -0.1) is 0 Å². The molecule has 0 aliphatic heterocycles. The number of hydrogen-bond acceptors (Lipinski definition) is 5. The highest BCUT2D eigenvalue weighted by atomic mass is 35.5. The molecule has 0 aromatic carbocycles. The predicted octanol–water partition coefficient (Wildman–Crippen LogP) is 2.95. The number of anilines is 2. The van der Waals surface area contributed by atoms with E-state index >= 15 is 0 Å². The molecular formula is C12H20ClN5. The van der Waals surface area contributed by atoms with Crippen LogP contribution in [0.5, 0.6) is 0 Å². The third kappa shape index (κ3) is 3.45. The lowest BCUT2D eigenvalue weighted by molar-refractivity contribution is 0.484. The van der Waals surface area contributed by atoms with Gasteiger partial charge in [-0.3, -0.25) is 0 Å². The van der Waals surface area contributed by atoms with Crippen LogP contribution in [0, 0.1) is 5.41 Å². The third-order valence-electron chi connectivity index (χ3n) is 3.30. The standard InChI is InChI=1S/C12H20ClN5/c1-3-5-12(6-7-12)8-15-11-17-9(13)16-10(18-11)14-4-2/h3-8H2,1-2H3,(H2,14,15,16,17,18). The highest BCUT2D eigenvalue weighted by Crippen LogP contribution is 2.49. The van der Waals surface area contributed by atoms with Gasteiger partial charge in [0.15, 0.2) is 0 Å². The second-order valence-electron chi connectivity index (χ2n) is 4.89. The second-order valence-corrected chi connectivity index (χ2v) is 5.22. The van der Waals surface area contributed by atoms with Crippen LogP contribution in [0.2, 0.25) is 5.28 Å². The molecule has 0 saturated heterocycles. The van der Waals surface area contributed by atoms with E-state index in [9.17, 15) is 0 Å². The molecule has 0 radical (unpaired) electrons. The molecule has 1 aromatic heterocycles. The minimum Gasteiger partial charge on any atom is -0.354 e. The summed E-state index contributed by atoms with van der Waals surface area (Å²) in [5.41, 5.74) is 0.464. The van der Waals surface area contributed by atoms with Gasteiger partial charge < -0.3 is 10.6 Å². The van der Waals surface area contributed by atoms with Crippen LogP contribution in [0.25, 0.3) is 0 Å². The van der Waals surface area contributed by atoms with Gasteiger partial charge in [-0.25, -0.2) is 0 Å². The summed E-state index contributed by atoms with van der Waals surface area (Å²) in [6, 6.07) is 0. The van der Waals surface area contributed by atoms with Gasteiger partial charge in [0.1, 0.15) is 0 Å². The van der Waals surface area contributed by atoms with Crippen LogP contribution in [0.1, 0.15) is 39.5 Å². The van der Waals surface area contributed by atoms with E-state index in [0.717, 1.165) is 13.1 Å². The number of hydrogen-bond donors (Lipinski definition) is 2. The first-order valence-corrected chi connectivity index (χ1v) is 6.94. The van der Waals surface area contributed by atoms with Gasteiger partial charge in [0, 0.05) is 13.1 Å². The molecule has 2 rings (SSSR count). The molecule has 1 aromatic rings. The molecule has 1 aliphatic rings. The van der Waals surface area contributed by atoms with Gasteiger partial charge in [0.2, 0.25) is 17.2 Å². The molecule has 0 unspecified atom stereocenters. The highest BCUT2D eigenvalue weighted by molar-refractivity contribution is 6.28. The molecule has 0 atom stereocenters. The molecule has 100 valence electrons. The van der Waals surface area contributed by atoms with E-state index in [1.165, 1.54) is 25.7 Å². The summed E-state index contributed by atoms with van der Waals surface area (Å²) in [4.78, 5) is 12.4. The van der Waals surface area contributed by atoms with Gasteiger partial charge in [-0.05, 0) is 43.2 Å². The lowest BCUT2D eigenvalue weighted by atomic mass is 10.0. The Bertz CT molecular complexity index is 405. The van der Waals surface area contributed by atoms with Gasteiger partial charge in [0.25, 0.3) is 0 Å². The van der Waals surface area contributed by atoms with Crippen molar-refractivity contribution in [2.24, 2.45) is 5.41 Å². The van der Waals surface area contributed by atoms with Crippen LogP contribution in [-0.2, 0) is 0 Å². The largest absolute Gasteiger partial charge is 0.354 e. The zero-order valence-electron chi connectivity index (χ0n) is 11.0. The van der Waals surface area contributed by atoms with E-state index in [4.69, 9.17) is 11.6 Å². The zero-order chi connectivity index (χ0) is 13.0. The minimum absolute atomic E-state index is 0.226. The average Bonchev–Trinajstić information content (AvgIpc) is 3.07. The van der Waals surface area contributed by atoms with E-state index in [2.05, 4.69) is 32.5 Å². The van der Waals surface area contributed by atoms with Crippen molar-refractivity contribution >= 4 is 23.5 Å². The van der Waals surface area contributed by atoms with Crippen LogP contribution < -0.4 is 10.6 Å². The summed E-state index contributed by atoms with van der Waals surface area (Å²) >= 11 is 5.87. The summed E-state index contributed by atoms with van der Waals surface area (Å²) in [6.45, 7) is 5.90. The van der Waals surface area contributed by atoms with Crippen molar-refractivity contribution in [2.45, 2.75) is 39.5 Å². The number of nitrogens with zero attached hydrogens (tertiary/aromatic N) is 3. The quantitative estimate of drug-likeness (QED) is 0.797. The van der Waals surface area contributed by atoms with E-state index in [-0.39, 0.29) is 5.28 Å². The summed E-state index contributed by atoms with van der Waals surface area (Å²) in [5, 5.41) is 6.55. The van der Waals surface area contributed by atoms with Crippen molar-refractivity contribution in [1.29, 1.82) is 0 Å². The molecular weight excluding hydrogens is 250 g/mol. The Morgan fingerprint density at radius 1 is 1.11 bits per heavy atom. The lowest BCUT2D eigenvalue weighted by Gasteiger charge is -2.15. The first-order chi connectivity index (χ1) is 8.67. The molecule has 0 spiro atoms. The van der Waals surface area contributed by atoms with E-state index in [1.54, 1.807) is 0 Å². The second kappa shape index (κ2) is 5.69. The maximum Gasteiger partial charge on any atom is 0.228 e. The number of rotatable bonds is 7. The zero-order valence-corrected chi connectivity index (χ0v) is 11.7. The Morgan fingerprint density at radius 2 is 1.78 bits per heavy atom. The molecule has 0 bridgehead atoms. The maximum absolute atomic E-state index is 5.87. The van der Waals surface area contributed by atoms with Crippen molar-refractivity contribution < 1.29 is 0 Å². The third-order valence-corrected chi connectivity index (χ3v) is 3.47. The Kier molecular flexibility index (Phi) is 4.22. The highest BCUT2D eigenvalue weighted by Gasteiger charge is 2.41. The maximum atomic E-state index is 5.87. The van der Waals surface area contributed by atoms with Gasteiger partial charge in [0.05, 0.1) is 0 Å². The average molecular weight is 270 g/mol. The molecule has 5 nitrogen and oxygen atoms in total. The first-order valence-electron chi connectivity index (χ1n) is 6.57. The molecule has 1 saturated carbocycles. The molecule has 6 heteroatoms. The van der Waals surface area contributed by atoms with Crippen molar-refractivity contribution in [3.8, 4) is 0 Å². The van der Waals surface area contributed by atoms with Gasteiger partial charge in [-0.2, -0.15) is 15.0 Å². The van der Waals surface area contributed by atoms with Crippen molar-refractivity contribution in [2.75, 3.05) is 23.7 Å². The summed E-state index contributed by atoms with van der Waals surface area (Å²) in [7, 11) is 0. The fourth-order valence-electron chi connectivity index (χ4n) is 2.16. The van der Waals surface area contributed by atoms with Crippen LogP contribution in [0.4, 0.5) is 11.9 Å². The topological polar surface area (TPSA) is 62.7 Å². The molecule has 1 heterocycles. The van der Waals surface area contributed by atoms with Crippen LogP contribution >= 0.6 is 11.6 Å². The molecule has 0 amide bonds. The Morgan fingerprint density at radius 3 is 2.33 bits per heavy atom. The smallest absolute Gasteiger partial charge is 0.228 e. The fraction of sp³-hybridized carbons (Fsp3) is 0.750. The summed E-state index contributed by atoms with van der Waals surface area (Å²) in [6.07, 6.45) is 5.08. The van der Waals surface area contributed by atoms with Crippen molar-refractivity contribution in [3.05, 3.63) is 5.28 Å². The van der Waals surface area contributed by atoms with E-state index in [0.29, 0.717) is 17.3 Å². The number of aromatic nitrogens is 3. The van der Waals surface area contributed by atoms with E-state index < -0.39 is 0 Å². The summed E-state index contributed by atoms with van der Waals surface area (Å²) in [5.74, 6) is 1.09. The summed E-state index contributed by atoms with van der Waals surface area (Å²) < 4.78 is 0. The molecule has 2 N–H and O–H groups in total. The minimum atomic E-state index is 0.226.